The van der Waals surface area contributed by atoms with Crippen LogP contribution in [0, 0.1) is 0 Å². The maximum Gasteiger partial charge on any atom is 0.119 e. The first-order chi connectivity index (χ1) is 11.7. The number of rotatable bonds is 7. The zero-order valence-electron chi connectivity index (χ0n) is 13.4. The van der Waals surface area contributed by atoms with Crippen LogP contribution >= 0.6 is 0 Å². The lowest BCUT2D eigenvalue weighted by atomic mass is 10.0. The molecule has 24 heavy (non-hydrogen) atoms. The molecule has 1 aromatic heterocycles. The Balaban J connectivity index is 1.60. The molecule has 0 spiro atoms. The third kappa shape index (κ3) is 3.69. The summed E-state index contributed by atoms with van der Waals surface area (Å²) in [6.45, 7) is 0.635. The summed E-state index contributed by atoms with van der Waals surface area (Å²) in [5.74, 6) is 0.312. The molecule has 5 N–H and O–H groups in total. The van der Waals surface area contributed by atoms with Crippen LogP contribution in [0.5, 0.6) is 11.5 Å². The van der Waals surface area contributed by atoms with Gasteiger partial charge in [0, 0.05) is 23.1 Å². The molecule has 0 unspecified atom stereocenters. The molecule has 3 rings (SSSR count). The molecule has 5 heteroatoms. The summed E-state index contributed by atoms with van der Waals surface area (Å²) >= 11 is 0. The van der Waals surface area contributed by atoms with Gasteiger partial charge in [0.2, 0.25) is 0 Å². The number of fused-ring (bicyclic) bond motifs is 1. The topological polar surface area (TPSA) is 88.5 Å². The highest BCUT2D eigenvalue weighted by molar-refractivity contribution is 5.83. The predicted octanol–water partition coefficient (Wildman–Crippen LogP) is 2.31. The lowest BCUT2D eigenvalue weighted by Crippen LogP contribution is -2.35. The van der Waals surface area contributed by atoms with Crippen molar-refractivity contribution in [1.29, 1.82) is 0 Å². The van der Waals surface area contributed by atoms with Gasteiger partial charge in [-0.3, -0.25) is 0 Å². The van der Waals surface area contributed by atoms with Crippen LogP contribution in [0.2, 0.25) is 0 Å². The van der Waals surface area contributed by atoms with E-state index in [1.807, 2.05) is 24.4 Å². The number of phenolic OH excluding ortho intramolecular Hbond substituents is 2. The number of aromatic amines is 1. The number of aromatic hydroxyl groups is 2. The Morgan fingerprint density at radius 1 is 1.04 bits per heavy atom. The summed E-state index contributed by atoms with van der Waals surface area (Å²) in [6.07, 6.45) is 3.27. The summed E-state index contributed by atoms with van der Waals surface area (Å²) < 4.78 is 0. The summed E-state index contributed by atoms with van der Waals surface area (Å²) in [6, 6.07) is 12.5. The SMILES string of the molecule is OC[C@H](Cc1c[nH]c2ccccc12)NCCc1cc(O)ccc1O. The minimum absolute atomic E-state index is 0.0333. The monoisotopic (exact) mass is 326 g/mol. The molecular weight excluding hydrogens is 304 g/mol. The van der Waals surface area contributed by atoms with Crippen molar-refractivity contribution >= 4 is 10.9 Å². The molecule has 0 saturated carbocycles. The molecule has 3 aromatic rings. The van der Waals surface area contributed by atoms with Crippen LogP contribution in [0.1, 0.15) is 11.1 Å². The lowest BCUT2D eigenvalue weighted by Gasteiger charge is -2.16. The Hall–Kier alpha value is -2.50. The van der Waals surface area contributed by atoms with Gasteiger partial charge in [0.05, 0.1) is 6.61 Å². The zero-order chi connectivity index (χ0) is 16.9. The standard InChI is InChI=1S/C19H22N2O3/c22-12-15(9-14-11-21-18-4-2-1-3-17(14)18)20-8-7-13-10-16(23)5-6-19(13)24/h1-6,10-11,15,20-24H,7-9,12H2/t15-/m0/s1. The highest BCUT2D eigenvalue weighted by Crippen LogP contribution is 2.22. The molecule has 0 fully saturated rings. The molecule has 0 saturated heterocycles. The Labute approximate surface area is 140 Å². The number of phenols is 2. The van der Waals surface area contributed by atoms with E-state index in [1.54, 1.807) is 6.07 Å². The minimum atomic E-state index is -0.0661. The van der Waals surface area contributed by atoms with Gasteiger partial charge in [0.25, 0.3) is 0 Å². The molecule has 0 radical (unpaired) electrons. The fraction of sp³-hybridized carbons (Fsp3) is 0.263. The maximum atomic E-state index is 9.79. The Kier molecular flexibility index (Phi) is 5.03. The molecular formula is C19H22N2O3. The molecule has 126 valence electrons. The molecule has 1 atom stereocenters. The van der Waals surface area contributed by atoms with Crippen molar-refractivity contribution in [3.05, 3.63) is 59.8 Å². The minimum Gasteiger partial charge on any atom is -0.508 e. The van der Waals surface area contributed by atoms with Gasteiger partial charge in [-0.2, -0.15) is 0 Å². The predicted molar refractivity (Wildman–Crippen MR) is 94.4 cm³/mol. The van der Waals surface area contributed by atoms with Crippen molar-refractivity contribution in [3.63, 3.8) is 0 Å². The van der Waals surface area contributed by atoms with Crippen molar-refractivity contribution in [2.24, 2.45) is 0 Å². The molecule has 5 nitrogen and oxygen atoms in total. The second kappa shape index (κ2) is 7.38. The Morgan fingerprint density at radius 2 is 1.88 bits per heavy atom. The van der Waals surface area contributed by atoms with E-state index in [4.69, 9.17) is 0 Å². The van der Waals surface area contributed by atoms with E-state index in [2.05, 4.69) is 16.4 Å². The van der Waals surface area contributed by atoms with Crippen LogP contribution in [0.4, 0.5) is 0 Å². The van der Waals surface area contributed by atoms with E-state index in [1.165, 1.54) is 17.5 Å². The van der Waals surface area contributed by atoms with Gasteiger partial charge in [-0.15, -0.1) is 0 Å². The van der Waals surface area contributed by atoms with E-state index in [0.29, 0.717) is 24.9 Å². The number of nitrogens with one attached hydrogen (secondary N) is 2. The number of aliphatic hydroxyl groups is 1. The van der Waals surface area contributed by atoms with E-state index in [0.717, 1.165) is 11.1 Å². The third-order valence-corrected chi connectivity index (χ3v) is 4.25. The van der Waals surface area contributed by atoms with E-state index in [-0.39, 0.29) is 24.1 Å². The van der Waals surface area contributed by atoms with Crippen LogP contribution < -0.4 is 5.32 Å². The quantitative estimate of drug-likeness (QED) is 0.431. The number of para-hydroxylation sites is 1. The number of hydrogen-bond donors (Lipinski definition) is 5. The first-order valence-corrected chi connectivity index (χ1v) is 8.07. The van der Waals surface area contributed by atoms with Gasteiger partial charge < -0.3 is 25.6 Å². The smallest absolute Gasteiger partial charge is 0.119 e. The average molecular weight is 326 g/mol. The number of aromatic nitrogens is 1. The lowest BCUT2D eigenvalue weighted by molar-refractivity contribution is 0.242. The number of benzene rings is 2. The summed E-state index contributed by atoms with van der Waals surface area (Å²) in [7, 11) is 0. The fourth-order valence-corrected chi connectivity index (χ4v) is 2.95. The van der Waals surface area contributed by atoms with Crippen LogP contribution in [0.15, 0.2) is 48.7 Å². The molecule has 0 amide bonds. The number of H-pyrrole nitrogens is 1. The Bertz CT molecular complexity index is 813. The summed E-state index contributed by atoms with van der Waals surface area (Å²) in [5, 5.41) is 33.4. The van der Waals surface area contributed by atoms with Crippen molar-refractivity contribution in [3.8, 4) is 11.5 Å². The zero-order valence-corrected chi connectivity index (χ0v) is 13.4. The van der Waals surface area contributed by atoms with E-state index in [9.17, 15) is 15.3 Å². The normalized spacial score (nSPS) is 12.5. The second-order valence-electron chi connectivity index (χ2n) is 5.96. The van der Waals surface area contributed by atoms with Gasteiger partial charge in [0.1, 0.15) is 11.5 Å². The number of hydrogen-bond acceptors (Lipinski definition) is 4. The van der Waals surface area contributed by atoms with Crippen molar-refractivity contribution in [2.75, 3.05) is 13.2 Å². The van der Waals surface area contributed by atoms with Crippen LogP contribution in [0.3, 0.4) is 0 Å². The number of aliphatic hydroxyl groups excluding tert-OH is 1. The highest BCUT2D eigenvalue weighted by atomic mass is 16.3. The third-order valence-electron chi connectivity index (χ3n) is 4.25. The van der Waals surface area contributed by atoms with Gasteiger partial charge in [-0.1, -0.05) is 18.2 Å². The van der Waals surface area contributed by atoms with Gasteiger partial charge >= 0.3 is 0 Å². The molecule has 0 bridgehead atoms. The van der Waals surface area contributed by atoms with Gasteiger partial charge in [0.15, 0.2) is 0 Å². The van der Waals surface area contributed by atoms with Gasteiger partial charge in [-0.25, -0.2) is 0 Å². The first kappa shape index (κ1) is 16.4. The van der Waals surface area contributed by atoms with Crippen molar-refractivity contribution < 1.29 is 15.3 Å². The maximum absolute atomic E-state index is 9.79. The van der Waals surface area contributed by atoms with E-state index >= 15 is 0 Å². The van der Waals surface area contributed by atoms with Crippen LogP contribution in [0.25, 0.3) is 10.9 Å². The van der Waals surface area contributed by atoms with E-state index < -0.39 is 0 Å². The molecule has 1 heterocycles. The second-order valence-corrected chi connectivity index (χ2v) is 5.96. The summed E-state index contributed by atoms with van der Waals surface area (Å²) in [4.78, 5) is 3.24. The van der Waals surface area contributed by atoms with Crippen LogP contribution in [-0.2, 0) is 12.8 Å². The average Bonchev–Trinajstić information content (AvgIpc) is 3.00. The van der Waals surface area contributed by atoms with Crippen molar-refractivity contribution in [1.82, 2.24) is 10.3 Å². The van der Waals surface area contributed by atoms with Crippen molar-refractivity contribution in [2.45, 2.75) is 18.9 Å². The molecule has 0 aliphatic heterocycles. The Morgan fingerprint density at radius 3 is 2.71 bits per heavy atom. The molecule has 0 aliphatic carbocycles. The highest BCUT2D eigenvalue weighted by Gasteiger charge is 2.12. The largest absolute Gasteiger partial charge is 0.508 e. The van der Waals surface area contributed by atoms with Crippen LogP contribution in [-0.4, -0.2) is 39.5 Å². The fourth-order valence-electron chi connectivity index (χ4n) is 2.95. The molecule has 0 aliphatic rings. The summed E-state index contributed by atoms with van der Waals surface area (Å²) in [5.41, 5.74) is 2.94. The first-order valence-electron chi connectivity index (χ1n) is 8.07. The molecule has 2 aromatic carbocycles. The van der Waals surface area contributed by atoms with Gasteiger partial charge in [-0.05, 0) is 54.8 Å².